The molecule has 1 saturated carbocycles. The van der Waals surface area contributed by atoms with E-state index in [4.69, 9.17) is 4.74 Å². The fraction of sp³-hybridized carbons (Fsp3) is 0.786. The Morgan fingerprint density at radius 2 is 2.28 bits per heavy atom. The van der Waals surface area contributed by atoms with Crippen LogP contribution in [0.2, 0.25) is 0 Å². The predicted molar refractivity (Wildman–Crippen MR) is 74.9 cm³/mol. The van der Waals surface area contributed by atoms with E-state index in [0.717, 1.165) is 38.6 Å². The molecule has 0 unspecified atom stereocenters. The van der Waals surface area contributed by atoms with Gasteiger partial charge < -0.3 is 15.4 Å². The van der Waals surface area contributed by atoms with Crippen molar-refractivity contribution in [2.45, 2.75) is 44.6 Å². The van der Waals surface area contributed by atoms with Gasteiger partial charge in [-0.3, -0.25) is 4.99 Å². The van der Waals surface area contributed by atoms with Crippen LogP contribution >= 0.6 is 0 Å². The van der Waals surface area contributed by atoms with Crippen LogP contribution in [0.15, 0.2) is 16.6 Å². The highest BCUT2D eigenvalue weighted by Gasteiger charge is 2.15. The Labute approximate surface area is 110 Å². The Morgan fingerprint density at radius 3 is 2.94 bits per heavy atom. The Bertz CT molecular complexity index is 306. The summed E-state index contributed by atoms with van der Waals surface area (Å²) in [5.41, 5.74) is 1.50. The molecule has 1 heterocycles. The second kappa shape index (κ2) is 7.41. The molecule has 4 heteroatoms. The quantitative estimate of drug-likeness (QED) is 0.455. The molecule has 2 aliphatic rings. The summed E-state index contributed by atoms with van der Waals surface area (Å²) in [4.78, 5) is 4.28. The van der Waals surface area contributed by atoms with Gasteiger partial charge in [-0.2, -0.15) is 0 Å². The van der Waals surface area contributed by atoms with Gasteiger partial charge in [0.2, 0.25) is 0 Å². The molecular weight excluding hydrogens is 226 g/mol. The summed E-state index contributed by atoms with van der Waals surface area (Å²) >= 11 is 0. The lowest BCUT2D eigenvalue weighted by atomic mass is 10.1. The number of nitrogens with zero attached hydrogens (tertiary/aromatic N) is 1. The topological polar surface area (TPSA) is 45.7 Å². The third-order valence-corrected chi connectivity index (χ3v) is 3.72. The maximum Gasteiger partial charge on any atom is 0.191 e. The first kappa shape index (κ1) is 13.4. The van der Waals surface area contributed by atoms with Crippen molar-refractivity contribution >= 4 is 5.96 Å². The van der Waals surface area contributed by atoms with Gasteiger partial charge in [0.05, 0.1) is 13.2 Å². The van der Waals surface area contributed by atoms with Gasteiger partial charge in [0.1, 0.15) is 0 Å². The van der Waals surface area contributed by atoms with Crippen molar-refractivity contribution in [1.82, 2.24) is 10.6 Å². The summed E-state index contributed by atoms with van der Waals surface area (Å²) in [7, 11) is 1.85. The van der Waals surface area contributed by atoms with Crippen molar-refractivity contribution in [2.75, 3.05) is 26.8 Å². The van der Waals surface area contributed by atoms with Crippen molar-refractivity contribution < 1.29 is 4.74 Å². The number of aliphatic imine (C=N–C) groups is 1. The molecule has 1 aliphatic carbocycles. The maximum atomic E-state index is 5.30. The molecule has 0 radical (unpaired) electrons. The van der Waals surface area contributed by atoms with Crippen molar-refractivity contribution in [1.29, 1.82) is 0 Å². The standard InChI is InChI=1S/C14H25N3O/c1-15-14(17-13-4-2-3-5-13)16-9-6-12-7-10-18-11-8-12/h7,13H,2-6,8-11H2,1H3,(H2,15,16,17). The van der Waals surface area contributed by atoms with Crippen LogP contribution in [0.4, 0.5) is 0 Å². The van der Waals surface area contributed by atoms with Crippen LogP contribution in [0.5, 0.6) is 0 Å². The van der Waals surface area contributed by atoms with Crippen molar-refractivity contribution in [2.24, 2.45) is 4.99 Å². The monoisotopic (exact) mass is 251 g/mol. The minimum atomic E-state index is 0.624. The van der Waals surface area contributed by atoms with E-state index in [1.165, 1.54) is 31.3 Å². The van der Waals surface area contributed by atoms with E-state index in [-0.39, 0.29) is 0 Å². The van der Waals surface area contributed by atoms with E-state index < -0.39 is 0 Å². The first-order valence-corrected chi connectivity index (χ1v) is 7.11. The first-order valence-electron chi connectivity index (χ1n) is 7.11. The lowest BCUT2D eigenvalue weighted by Gasteiger charge is -2.18. The summed E-state index contributed by atoms with van der Waals surface area (Å²) < 4.78 is 5.30. The lowest BCUT2D eigenvalue weighted by molar-refractivity contribution is 0.153. The summed E-state index contributed by atoms with van der Waals surface area (Å²) in [6, 6.07) is 0.624. The Hall–Kier alpha value is -1.03. The van der Waals surface area contributed by atoms with E-state index in [2.05, 4.69) is 21.7 Å². The van der Waals surface area contributed by atoms with Crippen LogP contribution in [-0.2, 0) is 4.74 Å². The number of hydrogen-bond acceptors (Lipinski definition) is 2. The van der Waals surface area contributed by atoms with Gasteiger partial charge in [-0.25, -0.2) is 0 Å². The second-order valence-electron chi connectivity index (χ2n) is 5.06. The second-order valence-corrected chi connectivity index (χ2v) is 5.06. The van der Waals surface area contributed by atoms with Crippen LogP contribution in [-0.4, -0.2) is 38.8 Å². The number of ether oxygens (including phenoxy) is 1. The van der Waals surface area contributed by atoms with Crippen LogP contribution in [0.25, 0.3) is 0 Å². The third-order valence-electron chi connectivity index (χ3n) is 3.72. The normalized spacial score (nSPS) is 21.8. The number of guanidine groups is 1. The molecule has 2 rings (SSSR count). The van der Waals surface area contributed by atoms with E-state index in [1.807, 2.05) is 7.05 Å². The number of nitrogens with one attached hydrogen (secondary N) is 2. The molecule has 102 valence electrons. The number of hydrogen-bond donors (Lipinski definition) is 2. The highest BCUT2D eigenvalue weighted by atomic mass is 16.5. The van der Waals surface area contributed by atoms with Crippen LogP contribution in [0, 0.1) is 0 Å². The smallest absolute Gasteiger partial charge is 0.191 e. The zero-order valence-electron chi connectivity index (χ0n) is 11.4. The SMILES string of the molecule is CN=C(NCCC1=CCOCC1)NC1CCCC1. The molecule has 0 aromatic carbocycles. The molecule has 1 fully saturated rings. The zero-order chi connectivity index (χ0) is 12.6. The van der Waals surface area contributed by atoms with E-state index >= 15 is 0 Å². The van der Waals surface area contributed by atoms with Crippen LogP contribution in [0.3, 0.4) is 0 Å². The minimum Gasteiger partial charge on any atom is -0.377 e. The molecule has 0 spiro atoms. The summed E-state index contributed by atoms with van der Waals surface area (Å²) in [6.07, 6.45) is 9.64. The molecule has 1 aliphatic heterocycles. The fourth-order valence-electron chi connectivity index (χ4n) is 2.59. The fourth-order valence-corrected chi connectivity index (χ4v) is 2.59. The maximum absolute atomic E-state index is 5.30. The number of rotatable bonds is 4. The van der Waals surface area contributed by atoms with Gasteiger partial charge in [-0.15, -0.1) is 0 Å². The molecule has 4 nitrogen and oxygen atoms in total. The van der Waals surface area contributed by atoms with Crippen molar-refractivity contribution in [3.8, 4) is 0 Å². The molecule has 0 saturated heterocycles. The van der Waals surface area contributed by atoms with Gasteiger partial charge in [0.25, 0.3) is 0 Å². The molecule has 0 atom stereocenters. The van der Waals surface area contributed by atoms with Gasteiger partial charge in [0.15, 0.2) is 5.96 Å². The average molecular weight is 251 g/mol. The van der Waals surface area contributed by atoms with Crippen LogP contribution < -0.4 is 10.6 Å². The van der Waals surface area contributed by atoms with Crippen LogP contribution in [0.1, 0.15) is 38.5 Å². The first-order chi connectivity index (χ1) is 8.88. The molecular formula is C14H25N3O. The largest absolute Gasteiger partial charge is 0.377 e. The third kappa shape index (κ3) is 4.33. The van der Waals surface area contributed by atoms with E-state index in [0.29, 0.717) is 6.04 Å². The summed E-state index contributed by atoms with van der Waals surface area (Å²) in [5.74, 6) is 0.953. The summed E-state index contributed by atoms with van der Waals surface area (Å²) in [5, 5.41) is 6.90. The lowest BCUT2D eigenvalue weighted by Crippen LogP contribution is -2.42. The van der Waals surface area contributed by atoms with Crippen molar-refractivity contribution in [3.05, 3.63) is 11.6 Å². The predicted octanol–water partition coefficient (Wildman–Crippen LogP) is 1.83. The Morgan fingerprint density at radius 1 is 1.44 bits per heavy atom. The molecule has 2 N–H and O–H groups in total. The van der Waals surface area contributed by atoms with E-state index in [9.17, 15) is 0 Å². The Kier molecular flexibility index (Phi) is 5.52. The zero-order valence-corrected chi connectivity index (χ0v) is 11.4. The van der Waals surface area contributed by atoms with Gasteiger partial charge >= 0.3 is 0 Å². The van der Waals surface area contributed by atoms with E-state index in [1.54, 1.807) is 0 Å². The average Bonchev–Trinajstić information content (AvgIpc) is 2.92. The highest BCUT2D eigenvalue weighted by Crippen LogP contribution is 2.17. The molecule has 18 heavy (non-hydrogen) atoms. The Balaban J connectivity index is 1.65. The molecule has 0 amide bonds. The molecule has 0 bridgehead atoms. The van der Waals surface area contributed by atoms with Gasteiger partial charge in [-0.05, 0) is 25.7 Å². The highest BCUT2D eigenvalue weighted by molar-refractivity contribution is 5.79. The molecule has 0 aromatic heterocycles. The minimum absolute atomic E-state index is 0.624. The summed E-state index contributed by atoms with van der Waals surface area (Å²) in [6.45, 7) is 2.61. The molecule has 0 aromatic rings. The van der Waals surface area contributed by atoms with Gasteiger partial charge in [-0.1, -0.05) is 24.5 Å². The van der Waals surface area contributed by atoms with Gasteiger partial charge in [0, 0.05) is 19.6 Å². The van der Waals surface area contributed by atoms with Crippen molar-refractivity contribution in [3.63, 3.8) is 0 Å².